The SMILES string of the molecule is O=C(OC(C1CCCCC1)S(=O)(=O)[O-])C1CCCCC1. The maximum Gasteiger partial charge on any atom is 0.310 e. The van der Waals surface area contributed by atoms with E-state index in [0.29, 0.717) is 12.8 Å². The van der Waals surface area contributed by atoms with Gasteiger partial charge in [-0.1, -0.05) is 38.5 Å². The maximum atomic E-state index is 12.1. The smallest absolute Gasteiger partial charge is 0.310 e. The Hall–Kier alpha value is -0.620. The molecule has 0 aliphatic heterocycles. The number of carbonyl (C=O) groups excluding carboxylic acids is 1. The summed E-state index contributed by atoms with van der Waals surface area (Å²) in [6.45, 7) is 0. The van der Waals surface area contributed by atoms with Crippen molar-refractivity contribution in [2.24, 2.45) is 11.8 Å². The highest BCUT2D eigenvalue weighted by molar-refractivity contribution is 7.86. The van der Waals surface area contributed by atoms with Crippen LogP contribution in [0.15, 0.2) is 0 Å². The van der Waals surface area contributed by atoms with Crippen LogP contribution in [0.4, 0.5) is 0 Å². The molecule has 6 heteroatoms. The van der Waals surface area contributed by atoms with Crippen molar-refractivity contribution in [2.75, 3.05) is 0 Å². The highest BCUT2D eigenvalue weighted by atomic mass is 32.2. The van der Waals surface area contributed by atoms with Crippen molar-refractivity contribution in [2.45, 2.75) is 69.6 Å². The van der Waals surface area contributed by atoms with Gasteiger partial charge in [0.15, 0.2) is 5.44 Å². The third kappa shape index (κ3) is 4.19. The summed E-state index contributed by atoms with van der Waals surface area (Å²) >= 11 is 0. The molecular formula is C14H23O5S-. The first-order chi connectivity index (χ1) is 9.48. The van der Waals surface area contributed by atoms with Gasteiger partial charge in [0.05, 0.1) is 5.92 Å². The van der Waals surface area contributed by atoms with Crippen LogP contribution in [0.3, 0.4) is 0 Å². The van der Waals surface area contributed by atoms with Crippen LogP contribution in [-0.2, 0) is 19.6 Å². The summed E-state index contributed by atoms with van der Waals surface area (Å²) in [5.41, 5.74) is -1.47. The van der Waals surface area contributed by atoms with Crippen molar-refractivity contribution >= 4 is 16.1 Å². The van der Waals surface area contributed by atoms with Gasteiger partial charge in [-0.2, -0.15) is 0 Å². The Balaban J connectivity index is 2.01. The fourth-order valence-electron chi connectivity index (χ4n) is 3.35. The van der Waals surface area contributed by atoms with E-state index in [1.165, 1.54) is 0 Å². The molecular weight excluding hydrogens is 280 g/mol. The van der Waals surface area contributed by atoms with E-state index < -0.39 is 21.5 Å². The Morgan fingerprint density at radius 1 is 0.950 bits per heavy atom. The molecule has 0 spiro atoms. The molecule has 1 atom stereocenters. The molecule has 0 bridgehead atoms. The minimum atomic E-state index is -4.59. The molecule has 5 nitrogen and oxygen atoms in total. The van der Waals surface area contributed by atoms with Gasteiger partial charge in [-0.25, -0.2) is 8.42 Å². The number of rotatable bonds is 4. The Morgan fingerprint density at radius 3 is 1.95 bits per heavy atom. The summed E-state index contributed by atoms with van der Waals surface area (Å²) in [6, 6.07) is 0. The molecule has 2 aliphatic carbocycles. The number of esters is 1. The van der Waals surface area contributed by atoms with E-state index >= 15 is 0 Å². The molecule has 0 radical (unpaired) electrons. The molecule has 0 aromatic carbocycles. The molecule has 0 heterocycles. The van der Waals surface area contributed by atoms with Gasteiger partial charge < -0.3 is 9.29 Å². The summed E-state index contributed by atoms with van der Waals surface area (Å²) in [5, 5.41) is 0. The van der Waals surface area contributed by atoms with E-state index in [2.05, 4.69) is 0 Å². The maximum absolute atomic E-state index is 12.1. The molecule has 20 heavy (non-hydrogen) atoms. The monoisotopic (exact) mass is 303 g/mol. The number of hydrogen-bond acceptors (Lipinski definition) is 5. The molecule has 2 aliphatic rings. The van der Waals surface area contributed by atoms with Gasteiger partial charge in [0.1, 0.15) is 10.1 Å². The third-order valence-electron chi connectivity index (χ3n) is 4.49. The fraction of sp³-hybridized carbons (Fsp3) is 0.929. The van der Waals surface area contributed by atoms with Crippen LogP contribution in [0.5, 0.6) is 0 Å². The van der Waals surface area contributed by atoms with Crippen LogP contribution >= 0.6 is 0 Å². The Labute approximate surface area is 120 Å². The molecule has 0 saturated heterocycles. The first kappa shape index (κ1) is 15.8. The second-order valence-electron chi connectivity index (χ2n) is 6.03. The van der Waals surface area contributed by atoms with Crippen molar-refractivity contribution in [1.29, 1.82) is 0 Å². The topological polar surface area (TPSA) is 83.5 Å². The van der Waals surface area contributed by atoms with Crippen LogP contribution < -0.4 is 0 Å². The van der Waals surface area contributed by atoms with Gasteiger partial charge in [0, 0.05) is 5.92 Å². The fourth-order valence-corrected chi connectivity index (χ4v) is 4.30. The lowest BCUT2D eigenvalue weighted by atomic mass is 9.88. The molecule has 2 saturated carbocycles. The van der Waals surface area contributed by atoms with Crippen LogP contribution in [0.2, 0.25) is 0 Å². The van der Waals surface area contributed by atoms with Gasteiger partial charge in [0.25, 0.3) is 0 Å². The lowest BCUT2D eigenvalue weighted by molar-refractivity contribution is -0.154. The Kier molecular flexibility index (Phi) is 5.43. The number of hydrogen-bond donors (Lipinski definition) is 0. The zero-order chi connectivity index (χ0) is 14.6. The molecule has 116 valence electrons. The van der Waals surface area contributed by atoms with Gasteiger partial charge in [-0.05, 0) is 25.7 Å². The zero-order valence-electron chi connectivity index (χ0n) is 11.8. The van der Waals surface area contributed by atoms with Crippen LogP contribution in [-0.4, -0.2) is 24.4 Å². The van der Waals surface area contributed by atoms with E-state index in [0.717, 1.165) is 51.4 Å². The standard InChI is InChI=1S/C14H24O5S/c15-13(11-7-3-1-4-8-11)19-14(20(16,17)18)12-9-5-2-6-10-12/h11-12,14H,1-10H2,(H,16,17,18)/p-1. The van der Waals surface area contributed by atoms with E-state index in [1.807, 2.05) is 0 Å². The van der Waals surface area contributed by atoms with Gasteiger partial charge in [-0.15, -0.1) is 0 Å². The number of carbonyl (C=O) groups is 1. The molecule has 0 aromatic heterocycles. The molecule has 2 fully saturated rings. The van der Waals surface area contributed by atoms with Crippen LogP contribution in [0.1, 0.15) is 64.2 Å². The normalized spacial score (nSPS) is 24.2. The van der Waals surface area contributed by atoms with E-state index in [9.17, 15) is 17.8 Å². The zero-order valence-corrected chi connectivity index (χ0v) is 12.6. The Morgan fingerprint density at radius 2 is 1.45 bits per heavy atom. The highest BCUT2D eigenvalue weighted by Gasteiger charge is 2.34. The molecule has 2 rings (SSSR count). The highest BCUT2D eigenvalue weighted by Crippen LogP contribution is 2.32. The van der Waals surface area contributed by atoms with Crippen molar-refractivity contribution in [3.05, 3.63) is 0 Å². The summed E-state index contributed by atoms with van der Waals surface area (Å²) in [6.07, 6.45) is 8.71. The van der Waals surface area contributed by atoms with Gasteiger partial charge in [0.2, 0.25) is 0 Å². The second kappa shape index (κ2) is 6.89. The Bertz CT molecular complexity index is 419. The first-order valence-corrected chi connectivity index (χ1v) is 9.11. The predicted molar refractivity (Wildman–Crippen MR) is 72.7 cm³/mol. The molecule has 0 amide bonds. The average molecular weight is 303 g/mol. The van der Waals surface area contributed by atoms with Crippen molar-refractivity contribution in [3.8, 4) is 0 Å². The van der Waals surface area contributed by atoms with E-state index in [4.69, 9.17) is 4.74 Å². The second-order valence-corrected chi connectivity index (χ2v) is 7.48. The summed E-state index contributed by atoms with van der Waals surface area (Å²) in [7, 11) is -4.59. The number of ether oxygens (including phenoxy) is 1. The van der Waals surface area contributed by atoms with Crippen molar-refractivity contribution in [1.82, 2.24) is 0 Å². The predicted octanol–water partition coefficient (Wildman–Crippen LogP) is 2.56. The molecule has 0 aromatic rings. The minimum Gasteiger partial charge on any atom is -0.745 e. The van der Waals surface area contributed by atoms with Gasteiger partial charge >= 0.3 is 5.97 Å². The summed E-state index contributed by atoms with van der Waals surface area (Å²) in [4.78, 5) is 12.1. The van der Waals surface area contributed by atoms with E-state index in [-0.39, 0.29) is 11.8 Å². The summed E-state index contributed by atoms with van der Waals surface area (Å²) in [5.74, 6) is -1.03. The molecule has 0 N–H and O–H groups in total. The molecule has 1 unspecified atom stereocenters. The first-order valence-electron chi connectivity index (χ1n) is 7.63. The van der Waals surface area contributed by atoms with Crippen LogP contribution in [0, 0.1) is 11.8 Å². The lowest BCUT2D eigenvalue weighted by Gasteiger charge is -2.32. The van der Waals surface area contributed by atoms with Gasteiger partial charge in [-0.3, -0.25) is 4.79 Å². The van der Waals surface area contributed by atoms with Crippen LogP contribution in [0.25, 0.3) is 0 Å². The third-order valence-corrected chi connectivity index (χ3v) is 5.54. The largest absolute Gasteiger partial charge is 0.745 e. The van der Waals surface area contributed by atoms with E-state index in [1.54, 1.807) is 0 Å². The quantitative estimate of drug-likeness (QED) is 0.588. The summed E-state index contributed by atoms with van der Waals surface area (Å²) < 4.78 is 39.4. The average Bonchev–Trinajstić information content (AvgIpc) is 2.45. The van der Waals surface area contributed by atoms with Crippen molar-refractivity contribution < 1.29 is 22.5 Å². The lowest BCUT2D eigenvalue weighted by Crippen LogP contribution is -2.37. The minimum absolute atomic E-state index is 0.225. The van der Waals surface area contributed by atoms with Crippen molar-refractivity contribution in [3.63, 3.8) is 0 Å².